The average Bonchev–Trinajstić information content (AvgIpc) is 3.55. The molecule has 0 spiro atoms. The van der Waals surface area contributed by atoms with Crippen molar-refractivity contribution in [2.45, 2.75) is 43.2 Å². The first-order valence-electron chi connectivity index (χ1n) is 11.2. The topological polar surface area (TPSA) is 98.8 Å². The van der Waals surface area contributed by atoms with Crippen molar-refractivity contribution >= 4 is 35.0 Å². The third kappa shape index (κ3) is 6.55. The highest BCUT2D eigenvalue weighted by atomic mass is 32.2. The van der Waals surface area contributed by atoms with Crippen molar-refractivity contribution in [3.63, 3.8) is 0 Å². The molecule has 0 atom stereocenters. The molecule has 0 aliphatic heterocycles. The van der Waals surface area contributed by atoms with Crippen molar-refractivity contribution in [1.82, 2.24) is 25.1 Å². The van der Waals surface area contributed by atoms with E-state index in [1.807, 2.05) is 58.3 Å². The minimum atomic E-state index is 0.294. The normalized spacial score (nSPS) is 13.4. The Balaban J connectivity index is 1.52. The van der Waals surface area contributed by atoms with Crippen LogP contribution in [0.25, 0.3) is 0 Å². The van der Waals surface area contributed by atoms with Gasteiger partial charge in [-0.25, -0.2) is 9.97 Å². The molecule has 1 aromatic carbocycles. The minimum absolute atomic E-state index is 0.294. The number of rotatable bonds is 11. The van der Waals surface area contributed by atoms with Crippen LogP contribution in [0.5, 0.6) is 0 Å². The number of likely N-dealkylation sites (N-methyl/N-ethyl adjacent to an activating group) is 1. The monoisotopic (exact) mass is 465 g/mol. The lowest BCUT2D eigenvalue weighted by Crippen LogP contribution is -2.21. The Hall–Kier alpha value is -2.91. The van der Waals surface area contributed by atoms with Crippen molar-refractivity contribution in [3.8, 4) is 0 Å². The number of aromatic nitrogens is 4. The predicted molar refractivity (Wildman–Crippen MR) is 132 cm³/mol. The second-order valence-corrected chi connectivity index (χ2v) is 9.82. The average molecular weight is 466 g/mol. The van der Waals surface area contributed by atoms with Crippen molar-refractivity contribution in [1.29, 1.82) is 0 Å². The first-order valence-corrected chi connectivity index (χ1v) is 12.0. The first-order chi connectivity index (χ1) is 15.9. The zero-order valence-corrected chi connectivity index (χ0v) is 20.4. The van der Waals surface area contributed by atoms with Crippen LogP contribution >= 0.6 is 11.8 Å². The summed E-state index contributed by atoms with van der Waals surface area (Å²) in [7, 11) is 4.09. The summed E-state index contributed by atoms with van der Waals surface area (Å²) < 4.78 is 0. The third-order valence-corrected chi connectivity index (χ3v) is 6.35. The highest BCUT2D eigenvalue weighted by molar-refractivity contribution is 7.99. The summed E-state index contributed by atoms with van der Waals surface area (Å²) in [4.78, 5) is 24.8. The summed E-state index contributed by atoms with van der Waals surface area (Å²) >= 11 is 1.50. The van der Waals surface area contributed by atoms with E-state index < -0.39 is 0 Å². The molecule has 8 nitrogen and oxygen atoms in total. The number of nitrogens with zero attached hydrogens (tertiary/aromatic N) is 4. The molecule has 9 heteroatoms. The van der Waals surface area contributed by atoms with E-state index >= 15 is 0 Å². The van der Waals surface area contributed by atoms with Crippen LogP contribution in [-0.4, -0.2) is 58.0 Å². The molecule has 0 unspecified atom stereocenters. The minimum Gasteiger partial charge on any atom is -0.368 e. The van der Waals surface area contributed by atoms with Gasteiger partial charge in [-0.15, -0.1) is 0 Å². The van der Waals surface area contributed by atoms with E-state index in [1.165, 1.54) is 11.8 Å². The Morgan fingerprint density at radius 2 is 1.88 bits per heavy atom. The molecular weight excluding hydrogens is 434 g/mol. The molecule has 4 rings (SSSR count). The standard InChI is InChI=1S/C24H31N7OS/c1-15-13-21(30-29-15)26-23-16(2)22(25-11-12-31(3)4)27-24(28-23)33-19-9-5-17(6-10-19)14-20(32)18-7-8-18/h5-6,9-10,13,18H,7-8,11-12,14H2,1-4H3,(H3,25,26,27,28,29,30). The number of aryl methyl sites for hydroxylation is 1. The molecule has 3 N–H and O–H groups in total. The van der Waals surface area contributed by atoms with Gasteiger partial charge in [0.2, 0.25) is 0 Å². The van der Waals surface area contributed by atoms with Gasteiger partial charge in [-0.2, -0.15) is 5.10 Å². The van der Waals surface area contributed by atoms with Crippen LogP contribution in [-0.2, 0) is 11.2 Å². The summed E-state index contributed by atoms with van der Waals surface area (Å²) in [5, 5.41) is 14.6. The lowest BCUT2D eigenvalue weighted by atomic mass is 10.1. The number of hydrogen-bond donors (Lipinski definition) is 3. The van der Waals surface area contributed by atoms with Gasteiger partial charge in [-0.1, -0.05) is 12.1 Å². The van der Waals surface area contributed by atoms with E-state index in [0.717, 1.165) is 59.3 Å². The van der Waals surface area contributed by atoms with Gasteiger partial charge in [0.05, 0.1) is 0 Å². The fourth-order valence-corrected chi connectivity index (χ4v) is 4.13. The van der Waals surface area contributed by atoms with Gasteiger partial charge < -0.3 is 15.5 Å². The highest BCUT2D eigenvalue weighted by Crippen LogP contribution is 2.32. The maximum atomic E-state index is 12.1. The van der Waals surface area contributed by atoms with Crippen molar-refractivity contribution in [3.05, 3.63) is 47.2 Å². The molecule has 1 aliphatic rings. The van der Waals surface area contributed by atoms with Crippen LogP contribution in [0.4, 0.5) is 17.5 Å². The van der Waals surface area contributed by atoms with Crippen molar-refractivity contribution < 1.29 is 4.79 Å². The second kappa shape index (κ2) is 10.4. The molecule has 0 radical (unpaired) electrons. The number of nitrogens with one attached hydrogen (secondary N) is 3. The lowest BCUT2D eigenvalue weighted by molar-refractivity contribution is -0.119. The van der Waals surface area contributed by atoms with Gasteiger partial charge in [0.25, 0.3) is 0 Å². The van der Waals surface area contributed by atoms with Gasteiger partial charge >= 0.3 is 0 Å². The third-order valence-electron chi connectivity index (χ3n) is 5.47. The summed E-state index contributed by atoms with van der Waals surface area (Å²) in [6.45, 7) is 5.64. The molecule has 0 amide bonds. The number of H-pyrrole nitrogens is 1. The molecular formula is C24H31N7OS. The molecule has 3 aromatic rings. The molecule has 0 saturated heterocycles. The SMILES string of the molecule is Cc1cc(Nc2nc(Sc3ccc(CC(=O)C4CC4)cc3)nc(NCCN(C)C)c2C)n[nH]1. The maximum absolute atomic E-state index is 12.1. The number of carbonyl (C=O) groups is 1. The van der Waals surface area contributed by atoms with Gasteiger partial charge in [0.15, 0.2) is 11.0 Å². The zero-order chi connectivity index (χ0) is 23.4. The van der Waals surface area contributed by atoms with Crippen molar-refractivity contribution in [2.24, 2.45) is 5.92 Å². The quantitative estimate of drug-likeness (QED) is 0.362. The van der Waals surface area contributed by atoms with E-state index in [2.05, 4.69) is 25.7 Å². The van der Waals surface area contributed by atoms with Crippen LogP contribution in [0.1, 0.15) is 29.7 Å². The number of carbonyl (C=O) groups excluding carboxylic acids is 1. The zero-order valence-electron chi connectivity index (χ0n) is 19.6. The number of aromatic amines is 1. The second-order valence-electron chi connectivity index (χ2n) is 8.78. The van der Waals surface area contributed by atoms with Gasteiger partial charge in [0, 0.05) is 47.6 Å². The largest absolute Gasteiger partial charge is 0.368 e. The van der Waals surface area contributed by atoms with E-state index in [0.29, 0.717) is 29.1 Å². The predicted octanol–water partition coefficient (Wildman–Crippen LogP) is 4.21. The smallest absolute Gasteiger partial charge is 0.196 e. The molecule has 33 heavy (non-hydrogen) atoms. The molecule has 2 aromatic heterocycles. The van der Waals surface area contributed by atoms with E-state index in [9.17, 15) is 4.79 Å². The van der Waals surface area contributed by atoms with Crippen LogP contribution in [0.2, 0.25) is 0 Å². The number of anilines is 3. The molecule has 174 valence electrons. The summed E-state index contributed by atoms with van der Waals surface area (Å²) in [5.74, 6) is 2.89. The fourth-order valence-electron chi connectivity index (χ4n) is 3.37. The maximum Gasteiger partial charge on any atom is 0.196 e. The Morgan fingerprint density at radius 3 is 2.52 bits per heavy atom. The lowest BCUT2D eigenvalue weighted by Gasteiger charge is -2.16. The molecule has 2 heterocycles. The molecule has 1 fully saturated rings. The summed E-state index contributed by atoms with van der Waals surface area (Å²) in [6.07, 6.45) is 2.63. The van der Waals surface area contributed by atoms with Gasteiger partial charge in [-0.05, 0) is 70.2 Å². The molecule has 1 aliphatic carbocycles. The Morgan fingerprint density at radius 1 is 1.15 bits per heavy atom. The van der Waals surface area contributed by atoms with Crippen LogP contribution in [0.15, 0.2) is 40.4 Å². The summed E-state index contributed by atoms with van der Waals surface area (Å²) in [6, 6.07) is 10.1. The van der Waals surface area contributed by atoms with E-state index in [4.69, 9.17) is 9.97 Å². The van der Waals surface area contributed by atoms with Crippen LogP contribution in [0, 0.1) is 19.8 Å². The summed E-state index contributed by atoms with van der Waals surface area (Å²) in [5.41, 5.74) is 2.97. The van der Waals surface area contributed by atoms with Gasteiger partial charge in [0.1, 0.15) is 17.4 Å². The molecule has 0 bridgehead atoms. The van der Waals surface area contributed by atoms with E-state index in [1.54, 1.807) is 0 Å². The van der Waals surface area contributed by atoms with Crippen molar-refractivity contribution in [2.75, 3.05) is 37.8 Å². The fraction of sp³-hybridized carbons (Fsp3) is 0.417. The first kappa shape index (κ1) is 23.3. The Bertz CT molecular complexity index is 1110. The van der Waals surface area contributed by atoms with Crippen LogP contribution < -0.4 is 10.6 Å². The molecule has 1 saturated carbocycles. The van der Waals surface area contributed by atoms with Crippen LogP contribution in [0.3, 0.4) is 0 Å². The highest BCUT2D eigenvalue weighted by Gasteiger charge is 2.29. The Kier molecular flexibility index (Phi) is 7.29. The number of ketones is 1. The van der Waals surface area contributed by atoms with E-state index in [-0.39, 0.29) is 0 Å². The Labute approximate surface area is 199 Å². The number of benzene rings is 1. The number of hydrogen-bond acceptors (Lipinski definition) is 8. The number of Topliss-reactive ketones (excluding diaryl/α,β-unsaturated/α-hetero) is 1. The van der Waals surface area contributed by atoms with Gasteiger partial charge in [-0.3, -0.25) is 9.89 Å².